The monoisotopic (exact) mass is 349 g/mol. The van der Waals surface area contributed by atoms with Gasteiger partial charge < -0.3 is 10.2 Å². The summed E-state index contributed by atoms with van der Waals surface area (Å²) in [6, 6.07) is -0.383. The van der Waals surface area contributed by atoms with E-state index in [-0.39, 0.29) is 17.9 Å². The van der Waals surface area contributed by atoms with E-state index in [4.69, 9.17) is 0 Å². The Balaban J connectivity index is 1.83. The zero-order chi connectivity index (χ0) is 18.2. The van der Waals surface area contributed by atoms with Gasteiger partial charge >= 0.3 is 0 Å². The van der Waals surface area contributed by atoms with Crippen LogP contribution in [0.25, 0.3) is 0 Å². The van der Waals surface area contributed by atoms with Gasteiger partial charge in [0.15, 0.2) is 0 Å². The van der Waals surface area contributed by atoms with Crippen molar-refractivity contribution < 1.29 is 9.59 Å². The van der Waals surface area contributed by atoms with Gasteiger partial charge in [0.2, 0.25) is 11.8 Å². The van der Waals surface area contributed by atoms with Crippen molar-refractivity contribution in [2.45, 2.75) is 71.9 Å². The topological polar surface area (TPSA) is 80.1 Å². The molecule has 0 aromatic carbocycles. The Bertz CT molecular complexity index is 564. The number of nitrogens with one attached hydrogen (secondary N) is 1. The SMILES string of the molecule is CCCc1cn(CC2CCN(C(=O)C(CCC)NC(C)=O)CC2)nn1. The first-order valence-electron chi connectivity index (χ1n) is 9.48. The molecule has 0 spiro atoms. The summed E-state index contributed by atoms with van der Waals surface area (Å²) in [5.41, 5.74) is 1.05. The average Bonchev–Trinajstić information content (AvgIpc) is 3.01. The number of likely N-dealkylation sites (tertiary alicyclic amines) is 1. The number of hydrogen-bond acceptors (Lipinski definition) is 4. The lowest BCUT2D eigenvalue weighted by Gasteiger charge is -2.34. The van der Waals surface area contributed by atoms with E-state index in [9.17, 15) is 9.59 Å². The molecule has 0 aliphatic carbocycles. The Labute approximate surface area is 150 Å². The minimum atomic E-state index is -0.383. The van der Waals surface area contributed by atoms with Crippen LogP contribution in [0.15, 0.2) is 6.20 Å². The molecular formula is C18H31N5O2. The number of amides is 2. The lowest BCUT2D eigenvalue weighted by atomic mass is 9.96. The molecule has 1 N–H and O–H groups in total. The Morgan fingerprint density at radius 1 is 1.28 bits per heavy atom. The van der Waals surface area contributed by atoms with Crippen molar-refractivity contribution in [3.8, 4) is 0 Å². The maximum absolute atomic E-state index is 12.6. The Kier molecular flexibility index (Phi) is 7.40. The number of aromatic nitrogens is 3. The number of carbonyl (C=O) groups is 2. The zero-order valence-corrected chi connectivity index (χ0v) is 15.7. The molecule has 0 saturated carbocycles. The van der Waals surface area contributed by atoms with Crippen LogP contribution in [0.4, 0.5) is 0 Å². The summed E-state index contributed by atoms with van der Waals surface area (Å²) in [5, 5.41) is 11.2. The van der Waals surface area contributed by atoms with Crippen molar-refractivity contribution in [2.24, 2.45) is 5.92 Å². The van der Waals surface area contributed by atoms with Gasteiger partial charge in [-0.25, -0.2) is 0 Å². The van der Waals surface area contributed by atoms with Gasteiger partial charge in [-0.2, -0.15) is 0 Å². The summed E-state index contributed by atoms with van der Waals surface area (Å²) in [6.07, 6.45) is 7.58. The molecule has 7 nitrogen and oxygen atoms in total. The zero-order valence-electron chi connectivity index (χ0n) is 15.7. The van der Waals surface area contributed by atoms with Crippen LogP contribution >= 0.6 is 0 Å². The van der Waals surface area contributed by atoms with Crippen molar-refractivity contribution in [2.75, 3.05) is 13.1 Å². The highest BCUT2D eigenvalue weighted by atomic mass is 16.2. The number of hydrogen-bond donors (Lipinski definition) is 1. The predicted molar refractivity (Wildman–Crippen MR) is 95.8 cm³/mol. The normalized spacial score (nSPS) is 16.7. The van der Waals surface area contributed by atoms with E-state index >= 15 is 0 Å². The molecule has 2 rings (SSSR count). The van der Waals surface area contributed by atoms with E-state index < -0.39 is 0 Å². The fraction of sp³-hybridized carbons (Fsp3) is 0.778. The Morgan fingerprint density at radius 3 is 2.60 bits per heavy atom. The summed E-state index contributed by atoms with van der Waals surface area (Å²) >= 11 is 0. The fourth-order valence-corrected chi connectivity index (χ4v) is 3.41. The smallest absolute Gasteiger partial charge is 0.245 e. The molecule has 7 heteroatoms. The van der Waals surface area contributed by atoms with E-state index in [2.05, 4.69) is 22.6 Å². The standard InChI is InChI=1S/C18H31N5O2/c1-4-6-16-13-23(21-20-16)12-15-8-10-22(11-9-15)18(25)17(7-5-2)19-14(3)24/h13,15,17H,4-12H2,1-3H3,(H,19,24). The first-order chi connectivity index (χ1) is 12.0. The van der Waals surface area contributed by atoms with Gasteiger partial charge in [-0.1, -0.05) is 31.9 Å². The van der Waals surface area contributed by atoms with Gasteiger partial charge in [0, 0.05) is 32.8 Å². The molecule has 1 saturated heterocycles. The van der Waals surface area contributed by atoms with Crippen LogP contribution < -0.4 is 5.32 Å². The third-order valence-electron chi connectivity index (χ3n) is 4.72. The highest BCUT2D eigenvalue weighted by Gasteiger charge is 2.28. The molecule has 2 heterocycles. The van der Waals surface area contributed by atoms with Gasteiger partial charge in [0.05, 0.1) is 5.69 Å². The van der Waals surface area contributed by atoms with Gasteiger partial charge in [0.1, 0.15) is 6.04 Å². The number of aryl methyl sites for hydroxylation is 1. The van der Waals surface area contributed by atoms with Crippen LogP contribution in [0.5, 0.6) is 0 Å². The number of nitrogens with zero attached hydrogens (tertiary/aromatic N) is 4. The third kappa shape index (κ3) is 5.83. The fourth-order valence-electron chi connectivity index (χ4n) is 3.41. The molecule has 2 amide bonds. The maximum Gasteiger partial charge on any atom is 0.245 e. The minimum Gasteiger partial charge on any atom is -0.345 e. The van der Waals surface area contributed by atoms with E-state index in [1.54, 1.807) is 0 Å². The predicted octanol–water partition coefficient (Wildman–Crippen LogP) is 1.77. The van der Waals surface area contributed by atoms with Crippen LogP contribution in [0.3, 0.4) is 0 Å². The van der Waals surface area contributed by atoms with Crippen molar-refractivity contribution in [3.05, 3.63) is 11.9 Å². The van der Waals surface area contributed by atoms with Gasteiger partial charge in [-0.15, -0.1) is 5.10 Å². The second kappa shape index (κ2) is 9.53. The molecule has 1 aromatic heterocycles. The summed E-state index contributed by atoms with van der Waals surface area (Å²) in [4.78, 5) is 25.9. The van der Waals surface area contributed by atoms with E-state index in [0.29, 0.717) is 12.3 Å². The lowest BCUT2D eigenvalue weighted by molar-refractivity contribution is -0.137. The van der Waals surface area contributed by atoms with Crippen LogP contribution in [0.2, 0.25) is 0 Å². The third-order valence-corrected chi connectivity index (χ3v) is 4.72. The molecule has 25 heavy (non-hydrogen) atoms. The van der Waals surface area contributed by atoms with E-state index in [0.717, 1.165) is 57.4 Å². The van der Waals surface area contributed by atoms with E-state index in [1.807, 2.05) is 22.7 Å². The molecule has 1 atom stereocenters. The highest BCUT2D eigenvalue weighted by Crippen LogP contribution is 2.20. The van der Waals surface area contributed by atoms with Crippen LogP contribution in [0.1, 0.15) is 58.6 Å². The van der Waals surface area contributed by atoms with Crippen LogP contribution in [-0.4, -0.2) is 50.8 Å². The van der Waals surface area contributed by atoms with Crippen molar-refractivity contribution >= 4 is 11.8 Å². The van der Waals surface area contributed by atoms with E-state index in [1.165, 1.54) is 6.92 Å². The summed E-state index contributed by atoms with van der Waals surface area (Å²) in [7, 11) is 0. The molecule has 0 bridgehead atoms. The van der Waals surface area contributed by atoms with Crippen LogP contribution in [0, 0.1) is 5.92 Å². The van der Waals surface area contributed by atoms with Gasteiger partial charge in [-0.05, 0) is 31.6 Å². The Hall–Kier alpha value is -1.92. The summed E-state index contributed by atoms with van der Waals surface area (Å²) in [6.45, 7) is 7.99. The summed E-state index contributed by atoms with van der Waals surface area (Å²) in [5.74, 6) is 0.433. The number of rotatable bonds is 8. The molecule has 1 aromatic rings. The molecule has 140 valence electrons. The second-order valence-electron chi connectivity index (χ2n) is 6.99. The minimum absolute atomic E-state index is 0.0569. The average molecular weight is 349 g/mol. The quantitative estimate of drug-likeness (QED) is 0.776. The maximum atomic E-state index is 12.6. The van der Waals surface area contributed by atoms with Crippen LogP contribution in [-0.2, 0) is 22.6 Å². The van der Waals surface area contributed by atoms with Crippen molar-refractivity contribution in [3.63, 3.8) is 0 Å². The summed E-state index contributed by atoms with van der Waals surface area (Å²) < 4.78 is 1.93. The highest BCUT2D eigenvalue weighted by molar-refractivity contribution is 5.86. The largest absolute Gasteiger partial charge is 0.345 e. The van der Waals surface area contributed by atoms with Crippen molar-refractivity contribution in [1.29, 1.82) is 0 Å². The van der Waals surface area contributed by atoms with Gasteiger partial charge in [0.25, 0.3) is 0 Å². The molecular weight excluding hydrogens is 318 g/mol. The molecule has 1 aliphatic heterocycles. The molecule has 1 fully saturated rings. The Morgan fingerprint density at radius 2 is 2.00 bits per heavy atom. The molecule has 1 unspecified atom stereocenters. The lowest BCUT2D eigenvalue weighted by Crippen LogP contribution is -2.50. The van der Waals surface area contributed by atoms with Crippen molar-refractivity contribution in [1.82, 2.24) is 25.2 Å². The number of piperidine rings is 1. The second-order valence-corrected chi connectivity index (χ2v) is 6.99. The first kappa shape index (κ1) is 19.4. The molecule has 1 aliphatic rings. The number of carbonyl (C=O) groups excluding carboxylic acids is 2. The molecule has 0 radical (unpaired) electrons. The van der Waals surface area contributed by atoms with Gasteiger partial charge in [-0.3, -0.25) is 14.3 Å². The first-order valence-corrected chi connectivity index (χ1v) is 9.48.